The first-order chi connectivity index (χ1) is 18.0. The van der Waals surface area contributed by atoms with Gasteiger partial charge in [0.15, 0.2) is 5.82 Å². The third kappa shape index (κ3) is 6.15. The molecule has 0 bridgehead atoms. The average Bonchev–Trinajstić information content (AvgIpc) is 3.62. The first kappa shape index (κ1) is 24.9. The highest BCUT2D eigenvalue weighted by Crippen LogP contribution is 2.45. The van der Waals surface area contributed by atoms with Gasteiger partial charge in [-0.15, -0.1) is 0 Å². The number of ether oxygens (including phenoxy) is 3. The lowest BCUT2D eigenvalue weighted by Crippen LogP contribution is -2.14. The minimum atomic E-state index is -0.795. The Labute approximate surface area is 214 Å². The number of hydrogen-bond donors (Lipinski definition) is 1. The van der Waals surface area contributed by atoms with Crippen LogP contribution >= 0.6 is 0 Å². The van der Waals surface area contributed by atoms with Gasteiger partial charge in [-0.3, -0.25) is 4.79 Å². The van der Waals surface area contributed by atoms with E-state index in [9.17, 15) is 14.3 Å². The molecule has 2 saturated carbocycles. The van der Waals surface area contributed by atoms with Gasteiger partial charge in [-0.2, -0.15) is 0 Å². The Balaban J connectivity index is 1.37. The van der Waals surface area contributed by atoms with Gasteiger partial charge in [0, 0.05) is 11.6 Å². The number of halogens is 1. The van der Waals surface area contributed by atoms with Crippen molar-refractivity contribution in [3.05, 3.63) is 59.8 Å². The Bertz CT molecular complexity index is 1260. The molecular formula is C28H30FN3O5. The van der Waals surface area contributed by atoms with Crippen LogP contribution in [0.3, 0.4) is 0 Å². The molecule has 194 valence electrons. The van der Waals surface area contributed by atoms with Gasteiger partial charge in [-0.1, -0.05) is 12.1 Å². The molecule has 0 amide bonds. The van der Waals surface area contributed by atoms with Crippen molar-refractivity contribution in [2.24, 2.45) is 5.92 Å². The Morgan fingerprint density at radius 2 is 1.95 bits per heavy atom. The van der Waals surface area contributed by atoms with E-state index in [-0.39, 0.29) is 48.1 Å². The van der Waals surface area contributed by atoms with Gasteiger partial charge in [0.25, 0.3) is 0 Å². The summed E-state index contributed by atoms with van der Waals surface area (Å²) in [7, 11) is 1.47. The van der Waals surface area contributed by atoms with Crippen LogP contribution in [0.1, 0.15) is 62.1 Å². The second-order valence-corrected chi connectivity index (χ2v) is 9.65. The van der Waals surface area contributed by atoms with E-state index in [1.165, 1.54) is 13.2 Å². The predicted molar refractivity (Wildman–Crippen MR) is 133 cm³/mol. The monoisotopic (exact) mass is 507 g/mol. The third-order valence-electron chi connectivity index (χ3n) is 6.92. The second-order valence-electron chi connectivity index (χ2n) is 9.65. The molecule has 3 aromatic rings. The fourth-order valence-corrected chi connectivity index (χ4v) is 4.86. The van der Waals surface area contributed by atoms with Crippen molar-refractivity contribution in [1.29, 1.82) is 0 Å². The summed E-state index contributed by atoms with van der Waals surface area (Å²) in [6.45, 7) is 0.132. The van der Waals surface area contributed by atoms with Crippen LogP contribution in [0.2, 0.25) is 0 Å². The number of benzene rings is 1. The predicted octanol–water partition coefficient (Wildman–Crippen LogP) is 5.56. The lowest BCUT2D eigenvalue weighted by atomic mass is 9.91. The number of carbonyl (C=O) groups is 1. The maximum absolute atomic E-state index is 14.7. The maximum Gasteiger partial charge on any atom is 0.303 e. The summed E-state index contributed by atoms with van der Waals surface area (Å²) >= 11 is 0. The summed E-state index contributed by atoms with van der Waals surface area (Å²) < 4.78 is 32.1. The lowest BCUT2D eigenvalue weighted by molar-refractivity contribution is -0.137. The number of aliphatic carboxylic acids is 1. The van der Waals surface area contributed by atoms with Crippen molar-refractivity contribution >= 4 is 5.97 Å². The standard InChI is InChI=1S/C28H30FN3O5/c1-35-25-12-23(24(29)15-30-25)27-28(37-20-6-2-3-7-20)32-19(14-31-27)16-36-21-8-4-5-18(11-21)22(13-26(33)34)17-9-10-17/h4-5,8,11-12,14-15,17,20,22H,2-3,6-7,9-10,13,16H2,1H3,(H,33,34)/t22-/m0/s1. The molecule has 1 atom stereocenters. The van der Waals surface area contributed by atoms with Gasteiger partial charge >= 0.3 is 5.97 Å². The van der Waals surface area contributed by atoms with Gasteiger partial charge in [-0.05, 0) is 68.1 Å². The molecule has 37 heavy (non-hydrogen) atoms. The molecule has 1 N–H and O–H groups in total. The van der Waals surface area contributed by atoms with Gasteiger partial charge in [-0.25, -0.2) is 19.3 Å². The molecule has 8 nitrogen and oxygen atoms in total. The van der Waals surface area contributed by atoms with E-state index in [2.05, 4.69) is 15.0 Å². The smallest absolute Gasteiger partial charge is 0.303 e. The fraction of sp³-hybridized carbons (Fsp3) is 0.429. The van der Waals surface area contributed by atoms with Crippen LogP contribution in [0.15, 0.2) is 42.7 Å². The fourth-order valence-electron chi connectivity index (χ4n) is 4.86. The second kappa shape index (κ2) is 11.1. The van der Waals surface area contributed by atoms with Gasteiger partial charge in [0.2, 0.25) is 11.8 Å². The summed E-state index contributed by atoms with van der Waals surface area (Å²) in [5.74, 6) is 0.206. The van der Waals surface area contributed by atoms with E-state index in [1.807, 2.05) is 24.3 Å². The zero-order valence-electron chi connectivity index (χ0n) is 20.7. The molecule has 2 aliphatic rings. The van der Waals surface area contributed by atoms with E-state index in [4.69, 9.17) is 14.2 Å². The summed E-state index contributed by atoms with van der Waals surface area (Å²) in [5.41, 5.74) is 2.00. The van der Waals surface area contributed by atoms with Crippen molar-refractivity contribution < 1.29 is 28.5 Å². The van der Waals surface area contributed by atoms with Crippen LogP contribution in [0, 0.1) is 11.7 Å². The summed E-state index contributed by atoms with van der Waals surface area (Å²) in [4.78, 5) is 24.4. The van der Waals surface area contributed by atoms with Gasteiger partial charge < -0.3 is 19.3 Å². The molecule has 2 aliphatic carbocycles. The highest BCUT2D eigenvalue weighted by Gasteiger charge is 2.34. The normalized spacial score (nSPS) is 16.4. The quantitative estimate of drug-likeness (QED) is 0.360. The zero-order chi connectivity index (χ0) is 25.8. The van der Waals surface area contributed by atoms with Crippen LogP contribution in [-0.2, 0) is 11.4 Å². The van der Waals surface area contributed by atoms with Crippen LogP contribution in [0.4, 0.5) is 4.39 Å². The summed E-state index contributed by atoms with van der Waals surface area (Å²) in [5, 5.41) is 9.33. The van der Waals surface area contributed by atoms with Crippen molar-refractivity contribution in [3.8, 4) is 28.8 Å². The van der Waals surface area contributed by atoms with Gasteiger partial charge in [0.05, 0.1) is 25.9 Å². The minimum Gasteiger partial charge on any atom is -0.487 e. The van der Waals surface area contributed by atoms with Crippen molar-refractivity contribution in [3.63, 3.8) is 0 Å². The first-order valence-electron chi connectivity index (χ1n) is 12.7. The van der Waals surface area contributed by atoms with Crippen molar-refractivity contribution in [1.82, 2.24) is 15.0 Å². The van der Waals surface area contributed by atoms with E-state index in [1.54, 1.807) is 6.20 Å². The Morgan fingerprint density at radius 3 is 2.68 bits per heavy atom. The molecule has 0 saturated heterocycles. The summed E-state index contributed by atoms with van der Waals surface area (Å²) in [6, 6.07) is 9.06. The molecule has 2 heterocycles. The van der Waals surface area contributed by atoms with E-state index in [0.29, 0.717) is 17.4 Å². The molecule has 5 rings (SSSR count). The molecule has 0 aliphatic heterocycles. The first-order valence-corrected chi connectivity index (χ1v) is 12.7. The topological polar surface area (TPSA) is 104 Å². The zero-order valence-corrected chi connectivity index (χ0v) is 20.7. The molecule has 1 aromatic carbocycles. The minimum absolute atomic E-state index is 0.00119. The molecular weight excluding hydrogens is 477 g/mol. The molecule has 0 unspecified atom stereocenters. The number of carboxylic acid groups (broad SMARTS) is 1. The number of nitrogens with zero attached hydrogens (tertiary/aromatic N) is 3. The van der Waals surface area contributed by atoms with E-state index in [0.717, 1.165) is 50.3 Å². The van der Waals surface area contributed by atoms with E-state index < -0.39 is 11.8 Å². The highest BCUT2D eigenvalue weighted by molar-refractivity contribution is 5.68. The number of carboxylic acids is 1. The highest BCUT2D eigenvalue weighted by atomic mass is 19.1. The number of pyridine rings is 1. The number of hydrogen-bond acceptors (Lipinski definition) is 7. The Hall–Kier alpha value is -3.75. The Kier molecular flexibility index (Phi) is 7.48. The molecule has 9 heteroatoms. The molecule has 0 spiro atoms. The average molecular weight is 508 g/mol. The van der Waals surface area contributed by atoms with Crippen LogP contribution in [-0.4, -0.2) is 39.2 Å². The van der Waals surface area contributed by atoms with Crippen molar-refractivity contribution in [2.75, 3.05) is 7.11 Å². The van der Waals surface area contributed by atoms with E-state index >= 15 is 0 Å². The molecule has 2 fully saturated rings. The maximum atomic E-state index is 14.7. The van der Waals surface area contributed by atoms with Crippen LogP contribution < -0.4 is 14.2 Å². The number of aromatic nitrogens is 3. The third-order valence-corrected chi connectivity index (χ3v) is 6.92. The lowest BCUT2D eigenvalue weighted by Gasteiger charge is -2.17. The number of rotatable bonds is 11. The molecule has 2 aromatic heterocycles. The SMILES string of the molecule is COc1cc(-c2ncc(COc3cccc([C@@H](CC(=O)O)C4CC4)c3)nc2OC2CCCC2)c(F)cn1. The molecule has 0 radical (unpaired) electrons. The Morgan fingerprint density at radius 1 is 1.14 bits per heavy atom. The van der Waals surface area contributed by atoms with Crippen LogP contribution in [0.5, 0.6) is 17.5 Å². The largest absolute Gasteiger partial charge is 0.487 e. The number of methoxy groups -OCH3 is 1. The summed E-state index contributed by atoms with van der Waals surface area (Å²) in [6.07, 6.45) is 8.84. The van der Waals surface area contributed by atoms with Gasteiger partial charge in [0.1, 0.15) is 29.8 Å². The van der Waals surface area contributed by atoms with Crippen molar-refractivity contribution in [2.45, 2.75) is 63.6 Å². The van der Waals surface area contributed by atoms with Crippen LogP contribution in [0.25, 0.3) is 11.3 Å².